The van der Waals surface area contributed by atoms with Crippen LogP contribution >= 0.6 is 0 Å². The molecule has 2 saturated carbocycles. The summed E-state index contributed by atoms with van der Waals surface area (Å²) in [5.41, 5.74) is 0.150. The standard InChI is InChI=1S/C12H21NO2/c1-8-3-10-4-9(2)6-12(10,5-8)13-7-11(14)15/h8-10,13H,3-7H2,1-2H3,(H,14,15). The fraction of sp³-hybridized carbons (Fsp3) is 0.917. The van der Waals surface area contributed by atoms with Crippen LogP contribution in [0.1, 0.15) is 39.5 Å². The first-order valence-corrected chi connectivity index (χ1v) is 5.98. The molecule has 0 heterocycles. The average Bonchev–Trinajstić information content (AvgIpc) is 2.53. The van der Waals surface area contributed by atoms with Crippen molar-refractivity contribution in [2.24, 2.45) is 17.8 Å². The van der Waals surface area contributed by atoms with Gasteiger partial charge in [0.05, 0.1) is 6.54 Å². The Bertz CT molecular complexity index is 250. The second-order valence-corrected chi connectivity index (χ2v) is 5.69. The van der Waals surface area contributed by atoms with Crippen LogP contribution in [0.2, 0.25) is 0 Å². The zero-order valence-electron chi connectivity index (χ0n) is 9.62. The Morgan fingerprint density at radius 1 is 1.33 bits per heavy atom. The van der Waals surface area contributed by atoms with Crippen molar-refractivity contribution in [2.45, 2.75) is 45.1 Å². The van der Waals surface area contributed by atoms with Crippen molar-refractivity contribution < 1.29 is 9.90 Å². The van der Waals surface area contributed by atoms with E-state index in [1.165, 1.54) is 12.8 Å². The van der Waals surface area contributed by atoms with E-state index in [4.69, 9.17) is 5.11 Å². The normalized spacial score (nSPS) is 44.3. The maximum absolute atomic E-state index is 10.6. The molecule has 3 heteroatoms. The summed E-state index contributed by atoms with van der Waals surface area (Å²) in [5.74, 6) is 1.48. The molecule has 0 aromatic heterocycles. The fourth-order valence-electron chi connectivity index (χ4n) is 3.89. The average molecular weight is 211 g/mol. The third-order valence-corrected chi connectivity index (χ3v) is 4.17. The van der Waals surface area contributed by atoms with Crippen LogP contribution in [0.15, 0.2) is 0 Å². The summed E-state index contributed by atoms with van der Waals surface area (Å²) in [4.78, 5) is 10.6. The molecule has 0 radical (unpaired) electrons. The molecule has 0 spiro atoms. The Morgan fingerprint density at radius 3 is 2.33 bits per heavy atom. The minimum atomic E-state index is -0.734. The summed E-state index contributed by atoms with van der Waals surface area (Å²) in [6, 6.07) is 0. The van der Waals surface area contributed by atoms with Crippen molar-refractivity contribution in [3.05, 3.63) is 0 Å². The fourth-order valence-corrected chi connectivity index (χ4v) is 3.89. The van der Waals surface area contributed by atoms with Gasteiger partial charge in [-0.3, -0.25) is 4.79 Å². The lowest BCUT2D eigenvalue weighted by molar-refractivity contribution is -0.136. The summed E-state index contributed by atoms with van der Waals surface area (Å²) in [7, 11) is 0. The molecule has 0 aliphatic heterocycles. The van der Waals surface area contributed by atoms with Crippen LogP contribution in [-0.2, 0) is 4.79 Å². The van der Waals surface area contributed by atoms with Crippen LogP contribution in [0.4, 0.5) is 0 Å². The van der Waals surface area contributed by atoms with Gasteiger partial charge in [-0.25, -0.2) is 0 Å². The molecular formula is C12H21NO2. The number of aliphatic carboxylic acids is 1. The van der Waals surface area contributed by atoms with Gasteiger partial charge in [0.1, 0.15) is 0 Å². The molecule has 86 valence electrons. The molecule has 0 aromatic rings. The van der Waals surface area contributed by atoms with Crippen LogP contribution in [0.5, 0.6) is 0 Å². The largest absolute Gasteiger partial charge is 0.480 e. The van der Waals surface area contributed by atoms with Crippen LogP contribution in [0.25, 0.3) is 0 Å². The van der Waals surface area contributed by atoms with E-state index in [1.54, 1.807) is 0 Å². The topological polar surface area (TPSA) is 49.3 Å². The van der Waals surface area contributed by atoms with Gasteiger partial charge in [-0.05, 0) is 43.4 Å². The molecule has 0 bridgehead atoms. The van der Waals surface area contributed by atoms with Crippen molar-refractivity contribution in [1.29, 1.82) is 0 Å². The van der Waals surface area contributed by atoms with Gasteiger partial charge >= 0.3 is 5.97 Å². The lowest BCUT2D eigenvalue weighted by atomic mass is 9.90. The van der Waals surface area contributed by atoms with Gasteiger partial charge in [-0.1, -0.05) is 13.8 Å². The molecule has 2 atom stereocenters. The van der Waals surface area contributed by atoms with Crippen LogP contribution in [-0.4, -0.2) is 23.2 Å². The highest BCUT2D eigenvalue weighted by molar-refractivity contribution is 5.69. The van der Waals surface area contributed by atoms with E-state index >= 15 is 0 Å². The van der Waals surface area contributed by atoms with Crippen LogP contribution < -0.4 is 5.32 Å². The van der Waals surface area contributed by atoms with Crippen molar-refractivity contribution >= 4 is 5.97 Å². The van der Waals surface area contributed by atoms with Gasteiger partial charge in [0, 0.05) is 5.54 Å². The van der Waals surface area contributed by atoms with E-state index in [1.807, 2.05) is 0 Å². The number of rotatable bonds is 3. The first-order chi connectivity index (χ1) is 7.02. The number of carbonyl (C=O) groups is 1. The zero-order valence-corrected chi connectivity index (χ0v) is 9.62. The molecule has 2 rings (SSSR count). The summed E-state index contributed by atoms with van der Waals surface area (Å²) >= 11 is 0. The number of nitrogens with one attached hydrogen (secondary N) is 1. The number of carboxylic acids is 1. The van der Waals surface area contributed by atoms with E-state index in [9.17, 15) is 4.79 Å². The van der Waals surface area contributed by atoms with Crippen molar-refractivity contribution in [3.8, 4) is 0 Å². The molecule has 0 aromatic carbocycles. The maximum atomic E-state index is 10.6. The summed E-state index contributed by atoms with van der Waals surface area (Å²) < 4.78 is 0. The third kappa shape index (κ3) is 2.03. The Kier molecular flexibility index (Phi) is 2.75. The minimum absolute atomic E-state index is 0.121. The van der Waals surface area contributed by atoms with E-state index in [0.717, 1.165) is 24.7 Å². The van der Waals surface area contributed by atoms with Crippen molar-refractivity contribution in [3.63, 3.8) is 0 Å². The molecule has 2 aliphatic rings. The molecule has 2 aliphatic carbocycles. The predicted molar refractivity (Wildman–Crippen MR) is 58.7 cm³/mol. The summed E-state index contributed by atoms with van der Waals surface area (Å²) in [6.45, 7) is 4.69. The maximum Gasteiger partial charge on any atom is 0.317 e. The number of hydrogen-bond acceptors (Lipinski definition) is 2. The van der Waals surface area contributed by atoms with Gasteiger partial charge in [0.25, 0.3) is 0 Å². The van der Waals surface area contributed by atoms with E-state index < -0.39 is 5.97 Å². The minimum Gasteiger partial charge on any atom is -0.480 e. The zero-order chi connectivity index (χ0) is 11.1. The first kappa shape index (κ1) is 10.9. The van der Waals surface area contributed by atoms with Crippen LogP contribution in [0, 0.1) is 17.8 Å². The third-order valence-electron chi connectivity index (χ3n) is 4.17. The highest BCUT2D eigenvalue weighted by atomic mass is 16.4. The van der Waals surface area contributed by atoms with Gasteiger partial charge < -0.3 is 10.4 Å². The first-order valence-electron chi connectivity index (χ1n) is 5.98. The smallest absolute Gasteiger partial charge is 0.317 e. The SMILES string of the molecule is CC1CC2CC(C)CC2(NCC(=O)O)C1. The van der Waals surface area contributed by atoms with E-state index in [-0.39, 0.29) is 12.1 Å². The monoisotopic (exact) mass is 211 g/mol. The Labute approximate surface area is 91.2 Å². The highest BCUT2D eigenvalue weighted by Gasteiger charge is 2.50. The number of fused-ring (bicyclic) bond motifs is 1. The van der Waals surface area contributed by atoms with Gasteiger partial charge in [0.15, 0.2) is 0 Å². The highest BCUT2D eigenvalue weighted by Crippen LogP contribution is 2.51. The summed E-state index contributed by atoms with van der Waals surface area (Å²) in [5, 5.41) is 12.1. The molecule has 2 N–H and O–H groups in total. The Morgan fingerprint density at radius 2 is 1.87 bits per heavy atom. The molecule has 0 saturated heterocycles. The molecule has 2 fully saturated rings. The molecule has 0 amide bonds. The Balaban J connectivity index is 2.05. The molecule has 15 heavy (non-hydrogen) atoms. The van der Waals surface area contributed by atoms with E-state index in [0.29, 0.717) is 5.92 Å². The van der Waals surface area contributed by atoms with Gasteiger partial charge in [-0.2, -0.15) is 0 Å². The number of carboxylic acid groups (broad SMARTS) is 1. The van der Waals surface area contributed by atoms with Crippen LogP contribution in [0.3, 0.4) is 0 Å². The lowest BCUT2D eigenvalue weighted by Crippen LogP contribution is -2.47. The molecule has 2 unspecified atom stereocenters. The van der Waals surface area contributed by atoms with Gasteiger partial charge in [0.2, 0.25) is 0 Å². The van der Waals surface area contributed by atoms with Crippen molar-refractivity contribution in [2.75, 3.05) is 6.54 Å². The summed E-state index contributed by atoms with van der Waals surface area (Å²) in [6.07, 6.45) is 4.87. The molecular weight excluding hydrogens is 190 g/mol. The van der Waals surface area contributed by atoms with Gasteiger partial charge in [-0.15, -0.1) is 0 Å². The quantitative estimate of drug-likeness (QED) is 0.749. The Hall–Kier alpha value is -0.570. The number of hydrogen-bond donors (Lipinski definition) is 2. The molecule has 3 nitrogen and oxygen atoms in total. The second kappa shape index (κ2) is 3.78. The predicted octanol–water partition coefficient (Wildman–Crippen LogP) is 1.88. The second-order valence-electron chi connectivity index (χ2n) is 5.69. The lowest BCUT2D eigenvalue weighted by Gasteiger charge is -2.30. The van der Waals surface area contributed by atoms with E-state index in [2.05, 4.69) is 19.2 Å². The van der Waals surface area contributed by atoms with Crippen molar-refractivity contribution in [1.82, 2.24) is 5.32 Å².